The zero-order valence-corrected chi connectivity index (χ0v) is 20.0. The lowest BCUT2D eigenvalue weighted by atomic mass is 10.1. The van der Waals surface area contributed by atoms with Crippen LogP contribution in [0.15, 0.2) is 47.4 Å². The molecule has 2 aromatic rings. The van der Waals surface area contributed by atoms with Gasteiger partial charge in [0.2, 0.25) is 0 Å². The van der Waals surface area contributed by atoms with Crippen molar-refractivity contribution in [2.24, 2.45) is 5.92 Å². The summed E-state index contributed by atoms with van der Waals surface area (Å²) in [5.41, 5.74) is 2.56. The van der Waals surface area contributed by atoms with Gasteiger partial charge in [-0.25, -0.2) is 8.42 Å². The summed E-state index contributed by atoms with van der Waals surface area (Å²) in [6.45, 7) is 11.8. The lowest BCUT2D eigenvalue weighted by Crippen LogP contribution is -2.48. The molecule has 7 nitrogen and oxygen atoms in total. The number of rotatable bonds is 8. The Balaban J connectivity index is 1.66. The number of sulfonamides is 1. The van der Waals surface area contributed by atoms with Crippen LogP contribution in [0, 0.1) is 19.8 Å². The van der Waals surface area contributed by atoms with Crippen LogP contribution in [0.5, 0.6) is 0 Å². The van der Waals surface area contributed by atoms with E-state index in [-0.39, 0.29) is 16.9 Å². The van der Waals surface area contributed by atoms with E-state index in [1.54, 1.807) is 25.1 Å². The summed E-state index contributed by atoms with van der Waals surface area (Å²) >= 11 is 0. The predicted molar refractivity (Wildman–Crippen MR) is 127 cm³/mol. The molecule has 1 unspecified atom stereocenters. The molecule has 0 radical (unpaired) electrons. The number of anilines is 1. The molecule has 0 spiro atoms. The highest BCUT2D eigenvalue weighted by Crippen LogP contribution is 2.20. The maximum Gasteiger partial charge on any atom is 0.261 e. The fraction of sp³-hybridized carbons (Fsp3) is 0.458. The van der Waals surface area contributed by atoms with Crippen LogP contribution >= 0.6 is 0 Å². The molecule has 1 atom stereocenters. The van der Waals surface area contributed by atoms with E-state index in [1.165, 1.54) is 12.1 Å². The smallest absolute Gasteiger partial charge is 0.261 e. The fourth-order valence-electron chi connectivity index (χ4n) is 3.74. The van der Waals surface area contributed by atoms with E-state index in [1.807, 2.05) is 19.1 Å². The van der Waals surface area contributed by atoms with Crippen molar-refractivity contribution in [2.75, 3.05) is 37.5 Å². The van der Waals surface area contributed by atoms with Crippen molar-refractivity contribution < 1.29 is 17.9 Å². The molecule has 0 bridgehead atoms. The number of aryl methyl sites for hydroxylation is 2. The Morgan fingerprint density at radius 3 is 2.56 bits per heavy atom. The van der Waals surface area contributed by atoms with Gasteiger partial charge in [0.15, 0.2) is 0 Å². The number of hydrogen-bond acceptors (Lipinski definition) is 5. The Morgan fingerprint density at radius 1 is 1.16 bits per heavy atom. The van der Waals surface area contributed by atoms with Gasteiger partial charge in [-0.3, -0.25) is 14.4 Å². The zero-order valence-electron chi connectivity index (χ0n) is 19.2. The molecule has 1 aliphatic rings. The summed E-state index contributed by atoms with van der Waals surface area (Å²) < 4.78 is 34.0. The molecular weight excluding hydrogens is 426 g/mol. The van der Waals surface area contributed by atoms with Crippen LogP contribution in [-0.2, 0) is 14.8 Å². The zero-order chi connectivity index (χ0) is 23.3. The Bertz CT molecular complexity index is 1040. The topological polar surface area (TPSA) is 87.7 Å². The molecule has 0 saturated carbocycles. The molecule has 32 heavy (non-hydrogen) atoms. The molecule has 174 valence electrons. The maximum atomic E-state index is 12.8. The number of morpholine rings is 1. The molecule has 1 fully saturated rings. The number of benzene rings is 2. The molecule has 0 aliphatic carbocycles. The van der Waals surface area contributed by atoms with E-state index in [2.05, 4.69) is 28.8 Å². The minimum atomic E-state index is -3.81. The number of hydrogen-bond donors (Lipinski definition) is 2. The first-order chi connectivity index (χ1) is 15.1. The molecule has 3 rings (SSSR count). The van der Waals surface area contributed by atoms with E-state index in [0.717, 1.165) is 25.2 Å². The van der Waals surface area contributed by atoms with Crippen molar-refractivity contribution >= 4 is 21.6 Å². The molecule has 2 N–H and O–H groups in total. The van der Waals surface area contributed by atoms with E-state index in [0.29, 0.717) is 35.9 Å². The summed E-state index contributed by atoms with van der Waals surface area (Å²) in [5, 5.41) is 2.91. The van der Waals surface area contributed by atoms with Crippen molar-refractivity contribution in [3.8, 4) is 0 Å². The molecule has 8 heteroatoms. The van der Waals surface area contributed by atoms with Gasteiger partial charge in [0.25, 0.3) is 15.9 Å². The van der Waals surface area contributed by atoms with E-state index in [4.69, 9.17) is 4.74 Å². The van der Waals surface area contributed by atoms with Crippen LogP contribution in [0.1, 0.15) is 35.3 Å². The second-order valence-electron chi connectivity index (χ2n) is 8.80. The minimum absolute atomic E-state index is 0.0471. The van der Waals surface area contributed by atoms with E-state index < -0.39 is 10.0 Å². The number of ether oxygens (including phenoxy) is 1. The van der Waals surface area contributed by atoms with Gasteiger partial charge in [-0.05, 0) is 49.6 Å². The highest BCUT2D eigenvalue weighted by atomic mass is 32.2. The predicted octanol–water partition coefficient (Wildman–Crippen LogP) is 3.19. The van der Waals surface area contributed by atoms with Crippen molar-refractivity contribution in [2.45, 2.75) is 38.7 Å². The van der Waals surface area contributed by atoms with Crippen LogP contribution in [0.2, 0.25) is 0 Å². The number of nitrogens with one attached hydrogen (secondary N) is 2. The third-order valence-electron chi connectivity index (χ3n) is 5.40. The lowest BCUT2D eigenvalue weighted by Gasteiger charge is -2.34. The van der Waals surface area contributed by atoms with Gasteiger partial charge < -0.3 is 10.1 Å². The maximum absolute atomic E-state index is 12.8. The van der Waals surface area contributed by atoms with Crippen molar-refractivity contribution in [1.82, 2.24) is 10.2 Å². The van der Waals surface area contributed by atoms with Gasteiger partial charge in [0, 0.05) is 37.4 Å². The van der Waals surface area contributed by atoms with Crippen LogP contribution < -0.4 is 10.0 Å². The number of nitrogens with zero attached hydrogens (tertiary/aromatic N) is 1. The average molecular weight is 460 g/mol. The molecule has 1 aliphatic heterocycles. The third kappa shape index (κ3) is 6.54. The summed E-state index contributed by atoms with van der Waals surface area (Å²) in [7, 11) is -3.81. The van der Waals surface area contributed by atoms with Crippen LogP contribution in [-0.4, -0.2) is 58.1 Å². The lowest BCUT2D eigenvalue weighted by molar-refractivity contribution is -0.0295. The quantitative estimate of drug-likeness (QED) is 0.633. The molecule has 1 heterocycles. The second-order valence-corrected chi connectivity index (χ2v) is 10.5. The highest BCUT2D eigenvalue weighted by Gasteiger charge is 2.23. The Labute approximate surface area is 191 Å². The molecule has 2 aromatic carbocycles. The molecular formula is C24H33N3O4S. The van der Waals surface area contributed by atoms with Crippen LogP contribution in [0.3, 0.4) is 0 Å². The first-order valence-electron chi connectivity index (χ1n) is 11.0. The number of carbonyl (C=O) groups is 1. The summed E-state index contributed by atoms with van der Waals surface area (Å²) in [6, 6.07) is 11.7. The third-order valence-corrected chi connectivity index (χ3v) is 6.78. The summed E-state index contributed by atoms with van der Waals surface area (Å²) in [6.07, 6.45) is -0.0816. The van der Waals surface area contributed by atoms with Gasteiger partial charge in [-0.2, -0.15) is 0 Å². The molecule has 0 aromatic heterocycles. The summed E-state index contributed by atoms with van der Waals surface area (Å²) in [4.78, 5) is 15.2. The Hall–Kier alpha value is -2.42. The first-order valence-corrected chi connectivity index (χ1v) is 12.4. The van der Waals surface area contributed by atoms with Crippen molar-refractivity contribution in [3.05, 3.63) is 59.2 Å². The summed E-state index contributed by atoms with van der Waals surface area (Å²) in [5.74, 6) is 0.267. The van der Waals surface area contributed by atoms with Gasteiger partial charge in [0.1, 0.15) is 0 Å². The monoisotopic (exact) mass is 459 g/mol. The standard InChI is InChI=1S/C24H33N3O4S/c1-17(2)15-27-11-12-31-21(16-27)14-25-24(28)23-13-22(10-7-19(23)4)32(29,30)26-20-8-5-18(3)6-9-20/h5-10,13,17,21,26H,11-12,14-16H2,1-4H3,(H,25,28). The Morgan fingerprint density at radius 2 is 1.88 bits per heavy atom. The normalized spacial score (nSPS) is 17.3. The largest absolute Gasteiger partial charge is 0.374 e. The van der Waals surface area contributed by atoms with Crippen LogP contribution in [0.4, 0.5) is 5.69 Å². The number of carbonyl (C=O) groups excluding carboxylic acids is 1. The first kappa shape index (κ1) is 24.2. The van der Waals surface area contributed by atoms with Gasteiger partial charge in [-0.15, -0.1) is 0 Å². The fourth-order valence-corrected chi connectivity index (χ4v) is 4.82. The van der Waals surface area contributed by atoms with E-state index >= 15 is 0 Å². The second kappa shape index (κ2) is 10.5. The van der Waals surface area contributed by atoms with Gasteiger partial charge >= 0.3 is 0 Å². The van der Waals surface area contributed by atoms with E-state index in [9.17, 15) is 13.2 Å². The minimum Gasteiger partial charge on any atom is -0.374 e. The molecule has 1 amide bonds. The number of amides is 1. The highest BCUT2D eigenvalue weighted by molar-refractivity contribution is 7.92. The Kier molecular flexibility index (Phi) is 7.92. The van der Waals surface area contributed by atoms with Crippen LogP contribution in [0.25, 0.3) is 0 Å². The van der Waals surface area contributed by atoms with Crippen molar-refractivity contribution in [1.29, 1.82) is 0 Å². The SMILES string of the molecule is Cc1ccc(NS(=O)(=O)c2ccc(C)c(C(=O)NCC3CN(CC(C)C)CCO3)c2)cc1. The van der Waals surface area contributed by atoms with Gasteiger partial charge in [-0.1, -0.05) is 37.6 Å². The molecule has 1 saturated heterocycles. The van der Waals surface area contributed by atoms with Crippen molar-refractivity contribution in [3.63, 3.8) is 0 Å². The van der Waals surface area contributed by atoms with Gasteiger partial charge in [0.05, 0.1) is 17.6 Å². The average Bonchev–Trinajstić information content (AvgIpc) is 2.73.